The van der Waals surface area contributed by atoms with Crippen molar-refractivity contribution in [3.8, 4) is 16.9 Å². The molecule has 2 atom stereocenters. The lowest BCUT2D eigenvalue weighted by molar-refractivity contribution is -0.154. The average molecular weight is 577 g/mol. The van der Waals surface area contributed by atoms with Gasteiger partial charge in [-0.1, -0.05) is 104 Å². The molecule has 0 amide bonds. The van der Waals surface area contributed by atoms with Crippen LogP contribution >= 0.6 is 0 Å². The van der Waals surface area contributed by atoms with E-state index in [9.17, 15) is 4.79 Å². The lowest BCUT2D eigenvalue weighted by Gasteiger charge is -2.24. The van der Waals surface area contributed by atoms with Gasteiger partial charge in [0.2, 0.25) is 0 Å². The fraction of sp³-hybridized carbons (Fsp3) is 0.289. The van der Waals surface area contributed by atoms with Crippen LogP contribution in [0.15, 0.2) is 91.0 Å². The second kappa shape index (κ2) is 14.8. The normalized spacial score (nSPS) is 14.3. The van der Waals surface area contributed by atoms with Gasteiger partial charge >= 0.3 is 5.97 Å². The van der Waals surface area contributed by atoms with E-state index in [1.54, 1.807) is 6.92 Å². The Kier molecular flexibility index (Phi) is 10.4. The van der Waals surface area contributed by atoms with Gasteiger partial charge in [-0.2, -0.15) is 0 Å². The molecule has 0 fully saturated rings. The van der Waals surface area contributed by atoms with Gasteiger partial charge in [0.15, 0.2) is 6.10 Å². The molecule has 222 valence electrons. The standard InChI is InChI=1S/C38H40O5/c1-4-11-33-31(28-12-7-6-8-13-28)22-23-35-34(33)21-18-29-14-9-10-15-32(29)37(35)43-25-24-42-30-19-16-27(17-20-30)26-36(40-3)38(39)41-5-2/h6-10,12-23,36-37H,4-5,11,24-26H2,1-3H3. The van der Waals surface area contributed by atoms with Crippen LogP contribution < -0.4 is 4.74 Å². The molecule has 1 aliphatic carbocycles. The van der Waals surface area contributed by atoms with Crippen LogP contribution in [-0.4, -0.2) is 39.0 Å². The summed E-state index contributed by atoms with van der Waals surface area (Å²) >= 11 is 0. The van der Waals surface area contributed by atoms with E-state index in [2.05, 4.69) is 85.8 Å². The lowest BCUT2D eigenvalue weighted by atomic mass is 9.87. The molecule has 0 aliphatic heterocycles. The summed E-state index contributed by atoms with van der Waals surface area (Å²) in [5, 5.41) is 0. The topological polar surface area (TPSA) is 54.0 Å². The van der Waals surface area contributed by atoms with E-state index >= 15 is 0 Å². The molecule has 0 saturated heterocycles. The number of benzene rings is 4. The number of carbonyl (C=O) groups excluding carboxylic acids is 1. The van der Waals surface area contributed by atoms with Crippen molar-refractivity contribution in [3.63, 3.8) is 0 Å². The summed E-state index contributed by atoms with van der Waals surface area (Å²) in [4.78, 5) is 12.1. The highest BCUT2D eigenvalue weighted by atomic mass is 16.6. The molecule has 5 nitrogen and oxygen atoms in total. The third kappa shape index (κ3) is 7.24. The van der Waals surface area contributed by atoms with Crippen molar-refractivity contribution >= 4 is 18.1 Å². The van der Waals surface area contributed by atoms with Crippen molar-refractivity contribution in [3.05, 3.63) is 124 Å². The average Bonchev–Trinajstić information content (AvgIpc) is 3.20. The van der Waals surface area contributed by atoms with Gasteiger partial charge in [0, 0.05) is 13.5 Å². The van der Waals surface area contributed by atoms with Gasteiger partial charge in [-0.25, -0.2) is 4.79 Å². The smallest absolute Gasteiger partial charge is 0.335 e. The first-order chi connectivity index (χ1) is 21.1. The van der Waals surface area contributed by atoms with E-state index in [0.29, 0.717) is 26.2 Å². The van der Waals surface area contributed by atoms with E-state index < -0.39 is 6.10 Å². The van der Waals surface area contributed by atoms with Gasteiger partial charge in [0.1, 0.15) is 18.5 Å². The number of fused-ring (bicyclic) bond motifs is 2. The van der Waals surface area contributed by atoms with Crippen molar-refractivity contribution in [2.75, 3.05) is 26.9 Å². The van der Waals surface area contributed by atoms with E-state index in [0.717, 1.165) is 29.7 Å². The Morgan fingerprint density at radius 3 is 2.33 bits per heavy atom. The van der Waals surface area contributed by atoms with Crippen LogP contribution in [0.3, 0.4) is 0 Å². The first kappa shape index (κ1) is 30.3. The van der Waals surface area contributed by atoms with Crippen molar-refractivity contribution in [1.29, 1.82) is 0 Å². The van der Waals surface area contributed by atoms with Crippen molar-refractivity contribution < 1.29 is 23.7 Å². The molecular weight excluding hydrogens is 536 g/mol. The third-order valence-corrected chi connectivity index (χ3v) is 7.78. The predicted molar refractivity (Wildman–Crippen MR) is 172 cm³/mol. The molecule has 0 saturated carbocycles. The minimum absolute atomic E-state index is 0.207. The maximum Gasteiger partial charge on any atom is 0.335 e. The fourth-order valence-electron chi connectivity index (χ4n) is 5.70. The summed E-state index contributed by atoms with van der Waals surface area (Å²) < 4.78 is 23.1. The van der Waals surface area contributed by atoms with Gasteiger partial charge in [-0.15, -0.1) is 0 Å². The number of ether oxygens (including phenoxy) is 4. The fourth-order valence-corrected chi connectivity index (χ4v) is 5.70. The molecule has 2 unspecified atom stereocenters. The zero-order valence-electron chi connectivity index (χ0n) is 25.3. The third-order valence-electron chi connectivity index (χ3n) is 7.78. The highest BCUT2D eigenvalue weighted by molar-refractivity contribution is 5.82. The minimum Gasteiger partial charge on any atom is -0.491 e. The largest absolute Gasteiger partial charge is 0.491 e. The van der Waals surface area contributed by atoms with Crippen LogP contribution in [0, 0.1) is 0 Å². The quantitative estimate of drug-likeness (QED) is 0.119. The first-order valence-corrected chi connectivity index (χ1v) is 15.1. The molecule has 0 N–H and O–H groups in total. The second-order valence-corrected chi connectivity index (χ2v) is 10.6. The monoisotopic (exact) mass is 576 g/mol. The summed E-state index contributed by atoms with van der Waals surface area (Å²) in [6, 6.07) is 31.3. The van der Waals surface area contributed by atoms with Gasteiger partial charge in [0.05, 0.1) is 13.2 Å². The molecule has 0 bridgehead atoms. The Morgan fingerprint density at radius 1 is 0.814 bits per heavy atom. The molecule has 4 aromatic carbocycles. The Bertz CT molecular complexity index is 1520. The number of carbonyl (C=O) groups is 1. The van der Waals surface area contributed by atoms with E-state index in [1.807, 2.05) is 24.3 Å². The highest BCUT2D eigenvalue weighted by Gasteiger charge is 2.25. The molecule has 4 aromatic rings. The Morgan fingerprint density at radius 2 is 1.58 bits per heavy atom. The molecule has 43 heavy (non-hydrogen) atoms. The Hall–Kier alpha value is -4.19. The number of hydrogen-bond donors (Lipinski definition) is 0. The highest BCUT2D eigenvalue weighted by Crippen LogP contribution is 2.40. The van der Waals surface area contributed by atoms with Gasteiger partial charge in [0.25, 0.3) is 0 Å². The molecule has 0 heterocycles. The molecule has 5 rings (SSSR count). The summed E-state index contributed by atoms with van der Waals surface area (Å²) in [5.74, 6) is 0.399. The molecule has 0 radical (unpaired) electrons. The molecular formula is C38H40O5. The van der Waals surface area contributed by atoms with E-state index in [4.69, 9.17) is 18.9 Å². The molecule has 0 aromatic heterocycles. The van der Waals surface area contributed by atoms with E-state index in [-0.39, 0.29) is 12.1 Å². The Labute approximate surface area is 255 Å². The summed E-state index contributed by atoms with van der Waals surface area (Å²) in [6.07, 6.45) is 6.15. The predicted octanol–water partition coefficient (Wildman–Crippen LogP) is 8.10. The van der Waals surface area contributed by atoms with Crippen molar-refractivity contribution in [1.82, 2.24) is 0 Å². The second-order valence-electron chi connectivity index (χ2n) is 10.6. The maximum atomic E-state index is 12.1. The van der Waals surface area contributed by atoms with Crippen LogP contribution in [0.4, 0.5) is 0 Å². The molecule has 0 spiro atoms. The zero-order valence-corrected chi connectivity index (χ0v) is 25.3. The van der Waals surface area contributed by atoms with Crippen LogP contribution in [0.5, 0.6) is 5.75 Å². The van der Waals surface area contributed by atoms with Crippen LogP contribution in [-0.2, 0) is 31.8 Å². The molecule has 5 heteroatoms. The van der Waals surface area contributed by atoms with Crippen molar-refractivity contribution in [2.24, 2.45) is 0 Å². The summed E-state index contributed by atoms with van der Waals surface area (Å²) in [5.41, 5.74) is 9.60. The lowest BCUT2D eigenvalue weighted by Crippen LogP contribution is -2.27. The van der Waals surface area contributed by atoms with Gasteiger partial charge in [-0.05, 0) is 70.0 Å². The maximum absolute atomic E-state index is 12.1. The van der Waals surface area contributed by atoms with E-state index in [1.165, 1.54) is 40.5 Å². The number of hydrogen-bond acceptors (Lipinski definition) is 5. The first-order valence-electron chi connectivity index (χ1n) is 15.1. The zero-order chi connectivity index (χ0) is 30.0. The Balaban J connectivity index is 1.31. The molecule has 1 aliphatic rings. The van der Waals surface area contributed by atoms with Crippen LogP contribution in [0.25, 0.3) is 23.3 Å². The number of methoxy groups -OCH3 is 1. The summed E-state index contributed by atoms with van der Waals surface area (Å²) in [6.45, 7) is 5.19. The number of esters is 1. The number of rotatable bonds is 13. The van der Waals surface area contributed by atoms with Crippen LogP contribution in [0.2, 0.25) is 0 Å². The van der Waals surface area contributed by atoms with Gasteiger partial charge < -0.3 is 18.9 Å². The van der Waals surface area contributed by atoms with Crippen molar-refractivity contribution in [2.45, 2.75) is 45.3 Å². The minimum atomic E-state index is -0.624. The SMILES string of the molecule is CCCc1c(-c2ccccc2)ccc2c1C=Cc1ccccc1C2OCCOc1ccc(CC(OC)C(=O)OCC)cc1. The van der Waals surface area contributed by atoms with Gasteiger partial charge in [-0.3, -0.25) is 0 Å². The van der Waals surface area contributed by atoms with Crippen LogP contribution in [0.1, 0.15) is 59.8 Å². The summed E-state index contributed by atoms with van der Waals surface area (Å²) in [7, 11) is 1.52.